The molecule has 1 N–H and O–H groups in total. The van der Waals surface area contributed by atoms with E-state index < -0.39 is 5.60 Å². The van der Waals surface area contributed by atoms with Crippen LogP contribution in [0.3, 0.4) is 0 Å². The molecule has 0 aromatic heterocycles. The minimum Gasteiger partial charge on any atom is -0.403 e. The number of aryl methyl sites for hydroxylation is 2. The van der Waals surface area contributed by atoms with Gasteiger partial charge in [-0.3, -0.25) is 0 Å². The van der Waals surface area contributed by atoms with Crippen LogP contribution in [0.15, 0.2) is 18.2 Å². The average molecular weight is 316 g/mol. The minimum absolute atomic E-state index is 0.193. The lowest BCUT2D eigenvalue weighted by atomic mass is 9.58. The van der Waals surface area contributed by atoms with E-state index in [1.54, 1.807) is 0 Å². The summed E-state index contributed by atoms with van der Waals surface area (Å²) in [5.41, 5.74) is 2.10. The predicted octanol–water partition coefficient (Wildman–Crippen LogP) is 3.99. The Morgan fingerprint density at radius 3 is 2.00 bits per heavy atom. The maximum absolute atomic E-state index is 11.2. The van der Waals surface area contributed by atoms with Crippen LogP contribution >= 0.6 is 0 Å². The summed E-state index contributed by atoms with van der Waals surface area (Å²) in [4.78, 5) is 0. The molecule has 3 rings (SSSR count). The van der Waals surface area contributed by atoms with Crippen LogP contribution in [-0.4, -0.2) is 23.4 Å². The van der Waals surface area contributed by atoms with Crippen molar-refractivity contribution < 1.29 is 14.4 Å². The predicted molar refractivity (Wildman–Crippen MR) is 93.4 cm³/mol. The zero-order chi connectivity index (χ0) is 17.0. The summed E-state index contributed by atoms with van der Waals surface area (Å²) in [6.07, 6.45) is 2.59. The standard InChI is InChI=1S/C19H29BO3/c1-13-9-14(2)11-16(10-13)19(21)8-7-15(19)12-20-22-17(3,4)18(5,6)23-20/h9-11,15,21H,7-8,12H2,1-6H3/t15-,19-/m0/s1. The molecule has 1 aliphatic carbocycles. The summed E-state index contributed by atoms with van der Waals surface area (Å²) in [7, 11) is -0.234. The van der Waals surface area contributed by atoms with E-state index >= 15 is 0 Å². The van der Waals surface area contributed by atoms with Crippen molar-refractivity contribution in [2.24, 2.45) is 5.92 Å². The van der Waals surface area contributed by atoms with Crippen LogP contribution in [0.25, 0.3) is 0 Å². The van der Waals surface area contributed by atoms with E-state index in [9.17, 15) is 5.11 Å². The van der Waals surface area contributed by atoms with Crippen LogP contribution in [0.4, 0.5) is 0 Å². The molecule has 4 heteroatoms. The second-order valence-corrected chi connectivity index (χ2v) is 8.46. The van der Waals surface area contributed by atoms with E-state index in [2.05, 4.69) is 59.7 Å². The molecule has 2 atom stereocenters. The van der Waals surface area contributed by atoms with Gasteiger partial charge in [0, 0.05) is 0 Å². The highest BCUT2D eigenvalue weighted by atomic mass is 16.7. The molecule has 0 unspecified atom stereocenters. The van der Waals surface area contributed by atoms with Crippen molar-refractivity contribution in [1.82, 2.24) is 0 Å². The maximum Gasteiger partial charge on any atom is 0.458 e. The Bertz CT molecular complexity index is 574. The fourth-order valence-electron chi connectivity index (χ4n) is 3.83. The van der Waals surface area contributed by atoms with Crippen molar-refractivity contribution in [3.8, 4) is 0 Å². The summed E-state index contributed by atoms with van der Waals surface area (Å²) < 4.78 is 12.2. The van der Waals surface area contributed by atoms with Crippen molar-refractivity contribution in [3.63, 3.8) is 0 Å². The molecule has 1 aromatic carbocycles. The van der Waals surface area contributed by atoms with Crippen LogP contribution in [-0.2, 0) is 14.9 Å². The van der Waals surface area contributed by atoms with Gasteiger partial charge < -0.3 is 14.4 Å². The summed E-state index contributed by atoms with van der Waals surface area (Å²) in [5.74, 6) is 0.193. The highest BCUT2D eigenvalue weighted by Gasteiger charge is 2.55. The molecule has 0 radical (unpaired) electrons. The molecule has 1 aliphatic heterocycles. The Kier molecular flexibility index (Phi) is 3.94. The second kappa shape index (κ2) is 5.33. The van der Waals surface area contributed by atoms with E-state index in [0.717, 1.165) is 24.7 Å². The lowest BCUT2D eigenvalue weighted by Crippen LogP contribution is -2.46. The van der Waals surface area contributed by atoms with Crippen molar-refractivity contribution in [2.75, 3.05) is 0 Å². The lowest BCUT2D eigenvalue weighted by molar-refractivity contribution is -0.0952. The van der Waals surface area contributed by atoms with Gasteiger partial charge in [0.25, 0.3) is 0 Å². The van der Waals surface area contributed by atoms with Crippen molar-refractivity contribution in [3.05, 3.63) is 34.9 Å². The molecule has 2 aliphatic rings. The van der Waals surface area contributed by atoms with Gasteiger partial charge in [0.05, 0.1) is 16.8 Å². The fraction of sp³-hybridized carbons (Fsp3) is 0.684. The van der Waals surface area contributed by atoms with Gasteiger partial charge in [-0.2, -0.15) is 0 Å². The molecule has 1 heterocycles. The first-order chi connectivity index (χ1) is 10.5. The zero-order valence-electron chi connectivity index (χ0n) is 15.3. The van der Waals surface area contributed by atoms with Gasteiger partial charge in [-0.25, -0.2) is 0 Å². The summed E-state index contributed by atoms with van der Waals surface area (Å²) in [5, 5.41) is 11.2. The summed E-state index contributed by atoms with van der Waals surface area (Å²) in [6, 6.07) is 6.38. The van der Waals surface area contributed by atoms with Crippen LogP contribution < -0.4 is 0 Å². The van der Waals surface area contributed by atoms with E-state index in [1.165, 1.54) is 11.1 Å². The first kappa shape index (κ1) is 17.0. The molecule has 2 fully saturated rings. The number of aliphatic hydroxyl groups is 1. The molecular weight excluding hydrogens is 287 g/mol. The first-order valence-corrected chi connectivity index (χ1v) is 8.70. The van der Waals surface area contributed by atoms with Crippen molar-refractivity contribution >= 4 is 7.12 Å². The van der Waals surface area contributed by atoms with Gasteiger partial charge in [0.15, 0.2) is 0 Å². The molecule has 23 heavy (non-hydrogen) atoms. The monoisotopic (exact) mass is 316 g/mol. The van der Waals surface area contributed by atoms with E-state index in [-0.39, 0.29) is 24.2 Å². The number of rotatable bonds is 3. The van der Waals surface area contributed by atoms with Crippen LogP contribution in [0, 0.1) is 19.8 Å². The molecule has 1 aromatic rings. The van der Waals surface area contributed by atoms with E-state index in [0.29, 0.717) is 0 Å². The van der Waals surface area contributed by atoms with Gasteiger partial charge >= 0.3 is 7.12 Å². The molecular formula is C19H29BO3. The normalized spacial score (nSPS) is 32.0. The second-order valence-electron chi connectivity index (χ2n) is 8.46. The first-order valence-electron chi connectivity index (χ1n) is 8.70. The number of hydrogen-bond donors (Lipinski definition) is 1. The summed E-state index contributed by atoms with van der Waals surface area (Å²) >= 11 is 0. The van der Waals surface area contributed by atoms with Crippen LogP contribution in [0.1, 0.15) is 57.2 Å². The Balaban J connectivity index is 1.75. The van der Waals surface area contributed by atoms with Crippen LogP contribution in [0.5, 0.6) is 0 Å². The van der Waals surface area contributed by atoms with Gasteiger partial charge in [-0.15, -0.1) is 0 Å². The van der Waals surface area contributed by atoms with E-state index in [1.807, 2.05) is 0 Å². The van der Waals surface area contributed by atoms with Crippen molar-refractivity contribution in [2.45, 2.75) is 77.5 Å². The average Bonchev–Trinajstić information content (AvgIpc) is 2.61. The Hall–Kier alpha value is -0.835. The number of benzene rings is 1. The Morgan fingerprint density at radius 2 is 1.57 bits per heavy atom. The van der Waals surface area contributed by atoms with Gasteiger partial charge in [0.2, 0.25) is 0 Å². The third-order valence-corrected chi connectivity index (χ3v) is 6.05. The Morgan fingerprint density at radius 1 is 1.04 bits per heavy atom. The molecule has 0 amide bonds. The van der Waals surface area contributed by atoms with Gasteiger partial charge in [0.1, 0.15) is 0 Å². The molecule has 126 valence electrons. The van der Waals surface area contributed by atoms with Gasteiger partial charge in [-0.1, -0.05) is 29.3 Å². The quantitative estimate of drug-likeness (QED) is 0.857. The minimum atomic E-state index is -0.736. The van der Waals surface area contributed by atoms with Gasteiger partial charge in [-0.05, 0) is 72.2 Å². The smallest absolute Gasteiger partial charge is 0.403 e. The molecule has 1 saturated carbocycles. The highest BCUT2D eigenvalue weighted by molar-refractivity contribution is 6.45. The Labute approximate surface area is 140 Å². The largest absolute Gasteiger partial charge is 0.458 e. The molecule has 1 saturated heterocycles. The number of hydrogen-bond acceptors (Lipinski definition) is 3. The summed E-state index contributed by atoms with van der Waals surface area (Å²) in [6.45, 7) is 12.5. The topological polar surface area (TPSA) is 38.7 Å². The maximum atomic E-state index is 11.2. The SMILES string of the molecule is Cc1cc(C)cc([C@]2(O)CC[C@H]2CB2OC(C)(C)C(C)(C)O2)c1. The molecule has 0 spiro atoms. The third kappa shape index (κ3) is 2.86. The molecule has 0 bridgehead atoms. The van der Waals surface area contributed by atoms with Crippen LogP contribution in [0.2, 0.25) is 6.32 Å². The third-order valence-electron chi connectivity index (χ3n) is 6.05. The molecule has 3 nitrogen and oxygen atoms in total. The highest BCUT2D eigenvalue weighted by Crippen LogP contribution is 2.51. The van der Waals surface area contributed by atoms with E-state index in [4.69, 9.17) is 9.31 Å². The lowest BCUT2D eigenvalue weighted by Gasteiger charge is -2.46. The van der Waals surface area contributed by atoms with Crippen molar-refractivity contribution in [1.29, 1.82) is 0 Å². The fourth-order valence-corrected chi connectivity index (χ4v) is 3.83. The zero-order valence-corrected chi connectivity index (χ0v) is 15.3.